The standard InChI is InChI=1S/C9H14N4O3/c10-8-7(11-16-12-8)9(15)13-3-1-2-6(4-13)5-14/h6,14H,1-5H2,(H2,10,12). The Balaban J connectivity index is 2.07. The van der Waals surface area contributed by atoms with Gasteiger partial charge in [-0.2, -0.15) is 0 Å². The average molecular weight is 226 g/mol. The lowest BCUT2D eigenvalue weighted by molar-refractivity contribution is 0.0611. The summed E-state index contributed by atoms with van der Waals surface area (Å²) in [7, 11) is 0. The smallest absolute Gasteiger partial charge is 0.280 e. The molecule has 1 aliphatic rings. The highest BCUT2D eigenvalue weighted by Crippen LogP contribution is 2.18. The number of anilines is 1. The summed E-state index contributed by atoms with van der Waals surface area (Å²) in [5.41, 5.74) is 5.51. The van der Waals surface area contributed by atoms with E-state index in [0.29, 0.717) is 13.1 Å². The van der Waals surface area contributed by atoms with Gasteiger partial charge in [0.2, 0.25) is 11.5 Å². The van der Waals surface area contributed by atoms with Gasteiger partial charge >= 0.3 is 0 Å². The Kier molecular flexibility index (Phi) is 3.04. The zero-order valence-electron chi connectivity index (χ0n) is 8.80. The Labute approximate surface area is 92.2 Å². The van der Waals surface area contributed by atoms with Crippen molar-refractivity contribution >= 4 is 11.7 Å². The molecule has 1 aromatic heterocycles. The van der Waals surface area contributed by atoms with E-state index in [1.54, 1.807) is 4.90 Å². The van der Waals surface area contributed by atoms with E-state index in [4.69, 9.17) is 10.8 Å². The van der Waals surface area contributed by atoms with E-state index in [0.717, 1.165) is 12.8 Å². The van der Waals surface area contributed by atoms with Crippen molar-refractivity contribution in [3.63, 3.8) is 0 Å². The summed E-state index contributed by atoms with van der Waals surface area (Å²) in [6.07, 6.45) is 1.81. The van der Waals surface area contributed by atoms with Crippen molar-refractivity contribution in [3.8, 4) is 0 Å². The lowest BCUT2D eigenvalue weighted by Crippen LogP contribution is -2.41. The third-order valence-corrected chi connectivity index (χ3v) is 2.78. The lowest BCUT2D eigenvalue weighted by Gasteiger charge is -2.31. The van der Waals surface area contributed by atoms with Crippen LogP contribution in [0, 0.1) is 5.92 Å². The van der Waals surface area contributed by atoms with Crippen LogP contribution in [0.15, 0.2) is 4.63 Å². The molecular weight excluding hydrogens is 212 g/mol. The molecule has 16 heavy (non-hydrogen) atoms. The Morgan fingerprint density at radius 3 is 3.06 bits per heavy atom. The molecular formula is C9H14N4O3. The highest BCUT2D eigenvalue weighted by Gasteiger charge is 2.27. The third kappa shape index (κ3) is 1.99. The summed E-state index contributed by atoms with van der Waals surface area (Å²) in [4.78, 5) is 13.6. The monoisotopic (exact) mass is 226 g/mol. The number of piperidine rings is 1. The molecule has 1 fully saturated rings. The number of aliphatic hydroxyl groups is 1. The van der Waals surface area contributed by atoms with Crippen molar-refractivity contribution in [3.05, 3.63) is 5.69 Å². The minimum atomic E-state index is -0.281. The molecule has 2 rings (SSSR count). The van der Waals surface area contributed by atoms with E-state index < -0.39 is 0 Å². The molecule has 7 nitrogen and oxygen atoms in total. The molecule has 0 spiro atoms. The van der Waals surface area contributed by atoms with E-state index in [9.17, 15) is 4.79 Å². The first-order chi connectivity index (χ1) is 7.72. The first-order valence-corrected chi connectivity index (χ1v) is 5.20. The molecule has 1 unspecified atom stereocenters. The number of hydrogen-bond acceptors (Lipinski definition) is 6. The van der Waals surface area contributed by atoms with E-state index in [1.807, 2.05) is 0 Å². The van der Waals surface area contributed by atoms with Gasteiger partial charge in [0, 0.05) is 19.7 Å². The van der Waals surface area contributed by atoms with Crippen LogP contribution in [0.25, 0.3) is 0 Å². The normalized spacial score (nSPS) is 21.1. The first-order valence-electron chi connectivity index (χ1n) is 5.20. The summed E-state index contributed by atoms with van der Waals surface area (Å²) in [5, 5.41) is 15.9. The predicted octanol–water partition coefficient (Wildman–Crippen LogP) is -0.504. The van der Waals surface area contributed by atoms with E-state index in [1.165, 1.54) is 0 Å². The molecule has 0 aliphatic carbocycles. The van der Waals surface area contributed by atoms with Crippen molar-refractivity contribution < 1.29 is 14.5 Å². The quantitative estimate of drug-likeness (QED) is 0.704. The van der Waals surface area contributed by atoms with Gasteiger partial charge in [-0.3, -0.25) is 4.79 Å². The van der Waals surface area contributed by atoms with Crippen LogP contribution in [-0.4, -0.2) is 45.9 Å². The molecule has 88 valence electrons. The molecule has 7 heteroatoms. The second-order valence-electron chi connectivity index (χ2n) is 3.94. The average Bonchev–Trinajstić information content (AvgIpc) is 2.74. The fourth-order valence-corrected chi connectivity index (χ4v) is 1.89. The highest BCUT2D eigenvalue weighted by atomic mass is 16.6. The molecule has 1 atom stereocenters. The maximum Gasteiger partial charge on any atom is 0.280 e. The van der Waals surface area contributed by atoms with Gasteiger partial charge in [-0.05, 0) is 29.1 Å². The Bertz CT molecular complexity index is 379. The number of aromatic nitrogens is 2. The van der Waals surface area contributed by atoms with Crippen molar-refractivity contribution in [2.24, 2.45) is 5.92 Å². The summed E-state index contributed by atoms with van der Waals surface area (Å²) in [6.45, 7) is 1.28. The molecule has 0 saturated carbocycles. The molecule has 1 amide bonds. The van der Waals surface area contributed by atoms with Gasteiger partial charge < -0.3 is 15.7 Å². The maximum absolute atomic E-state index is 11.9. The molecule has 1 saturated heterocycles. The van der Waals surface area contributed by atoms with Crippen molar-refractivity contribution in [1.82, 2.24) is 15.2 Å². The maximum atomic E-state index is 11.9. The van der Waals surface area contributed by atoms with Crippen LogP contribution in [0.5, 0.6) is 0 Å². The number of likely N-dealkylation sites (tertiary alicyclic amines) is 1. The zero-order valence-corrected chi connectivity index (χ0v) is 8.80. The van der Waals surface area contributed by atoms with Crippen LogP contribution in [-0.2, 0) is 0 Å². The van der Waals surface area contributed by atoms with Crippen LogP contribution >= 0.6 is 0 Å². The summed E-state index contributed by atoms with van der Waals surface area (Å²) < 4.78 is 4.39. The van der Waals surface area contributed by atoms with Crippen LogP contribution in [0.4, 0.5) is 5.82 Å². The fraction of sp³-hybridized carbons (Fsp3) is 0.667. The van der Waals surface area contributed by atoms with E-state index in [-0.39, 0.29) is 29.9 Å². The van der Waals surface area contributed by atoms with Gasteiger partial charge in [0.05, 0.1) is 0 Å². The Morgan fingerprint density at radius 2 is 2.44 bits per heavy atom. The van der Waals surface area contributed by atoms with Gasteiger partial charge in [-0.15, -0.1) is 0 Å². The molecule has 0 bridgehead atoms. The second-order valence-corrected chi connectivity index (χ2v) is 3.94. The molecule has 1 aliphatic heterocycles. The third-order valence-electron chi connectivity index (χ3n) is 2.78. The second kappa shape index (κ2) is 4.48. The van der Waals surface area contributed by atoms with Gasteiger partial charge in [0.25, 0.3) is 5.91 Å². The number of rotatable bonds is 2. The predicted molar refractivity (Wildman–Crippen MR) is 54.4 cm³/mol. The van der Waals surface area contributed by atoms with Gasteiger partial charge in [0.1, 0.15) is 0 Å². The summed E-state index contributed by atoms with van der Waals surface area (Å²) in [6, 6.07) is 0. The number of aliphatic hydroxyl groups excluding tert-OH is 1. The number of nitrogen functional groups attached to an aromatic ring is 1. The topological polar surface area (TPSA) is 105 Å². The van der Waals surface area contributed by atoms with Gasteiger partial charge in [-0.1, -0.05) is 0 Å². The van der Waals surface area contributed by atoms with E-state index in [2.05, 4.69) is 14.9 Å². The van der Waals surface area contributed by atoms with Crippen molar-refractivity contribution in [1.29, 1.82) is 0 Å². The number of nitrogens with two attached hydrogens (primary N) is 1. The number of carbonyl (C=O) groups is 1. The van der Waals surface area contributed by atoms with Crippen LogP contribution in [0.1, 0.15) is 23.3 Å². The van der Waals surface area contributed by atoms with Crippen molar-refractivity contribution in [2.75, 3.05) is 25.4 Å². The van der Waals surface area contributed by atoms with Gasteiger partial charge in [-0.25, -0.2) is 4.63 Å². The summed E-state index contributed by atoms with van der Waals surface area (Å²) >= 11 is 0. The van der Waals surface area contributed by atoms with E-state index >= 15 is 0 Å². The zero-order chi connectivity index (χ0) is 11.5. The lowest BCUT2D eigenvalue weighted by atomic mass is 9.99. The molecule has 0 radical (unpaired) electrons. The minimum Gasteiger partial charge on any atom is -0.396 e. The van der Waals surface area contributed by atoms with Gasteiger partial charge in [0.15, 0.2) is 0 Å². The van der Waals surface area contributed by atoms with Crippen LogP contribution < -0.4 is 5.73 Å². The number of carbonyl (C=O) groups excluding carboxylic acids is 1. The summed E-state index contributed by atoms with van der Waals surface area (Å²) in [5.74, 6) is -0.133. The van der Waals surface area contributed by atoms with Crippen LogP contribution in [0.2, 0.25) is 0 Å². The molecule has 0 aromatic carbocycles. The Morgan fingerprint density at radius 1 is 1.62 bits per heavy atom. The fourth-order valence-electron chi connectivity index (χ4n) is 1.89. The number of amides is 1. The molecule has 3 N–H and O–H groups in total. The highest BCUT2D eigenvalue weighted by molar-refractivity contribution is 5.96. The number of hydrogen-bond donors (Lipinski definition) is 2. The molecule has 2 heterocycles. The largest absolute Gasteiger partial charge is 0.396 e. The van der Waals surface area contributed by atoms with Crippen molar-refractivity contribution in [2.45, 2.75) is 12.8 Å². The minimum absolute atomic E-state index is 0.0103. The Hall–Kier alpha value is -1.63. The molecule has 1 aromatic rings. The first kappa shape index (κ1) is 10.9. The van der Waals surface area contributed by atoms with Crippen LogP contribution in [0.3, 0.4) is 0 Å². The SMILES string of the molecule is Nc1nonc1C(=O)N1CCCC(CO)C1. The number of nitrogens with zero attached hydrogens (tertiary/aromatic N) is 3.